The molecule has 3 aliphatic rings. The minimum absolute atomic E-state index is 0.0393. The molecule has 0 spiro atoms. The molecule has 0 unspecified atom stereocenters. The Morgan fingerprint density at radius 1 is 0.864 bits per heavy atom. The molecule has 3 fully saturated rings. The van der Waals surface area contributed by atoms with E-state index < -0.39 is 16.6 Å². The van der Waals surface area contributed by atoms with Gasteiger partial charge in [0.05, 0.1) is 12.2 Å². The summed E-state index contributed by atoms with van der Waals surface area (Å²) in [5.41, 5.74) is 8.61. The lowest BCUT2D eigenvalue weighted by Crippen LogP contribution is -2.49. The number of hydrogen-bond acceptors (Lipinski definition) is 2. The second kappa shape index (κ2) is 13.4. The molecule has 0 saturated heterocycles. The molecule has 252 valence electrons. The van der Waals surface area contributed by atoms with Crippen molar-refractivity contribution in [1.82, 2.24) is 0 Å². The molecule has 4 atom stereocenters. The first-order valence-corrected chi connectivity index (χ1v) is 23.8. The summed E-state index contributed by atoms with van der Waals surface area (Å²) < 4.78 is 14.2. The van der Waals surface area contributed by atoms with Gasteiger partial charge in [-0.15, -0.1) is 0 Å². The maximum absolute atomic E-state index is 7.09. The zero-order valence-corrected chi connectivity index (χ0v) is 34.0. The van der Waals surface area contributed by atoms with Gasteiger partial charge in [-0.2, -0.15) is 0 Å². The summed E-state index contributed by atoms with van der Waals surface area (Å²) in [5, 5.41) is 0.328. The maximum atomic E-state index is 7.09. The van der Waals surface area contributed by atoms with E-state index in [1.807, 2.05) is 0 Å². The number of rotatable bonds is 8. The zero-order chi connectivity index (χ0) is 33.5. The molecule has 0 bridgehead atoms. The highest BCUT2D eigenvalue weighted by Gasteiger charge is 2.47. The Labute approximate surface area is 276 Å². The topological polar surface area (TPSA) is 18.5 Å². The summed E-state index contributed by atoms with van der Waals surface area (Å²) in [4.78, 5) is 0. The van der Waals surface area contributed by atoms with Crippen LogP contribution in [0.15, 0.2) is 46.6 Å². The van der Waals surface area contributed by atoms with E-state index in [-0.39, 0.29) is 22.3 Å². The van der Waals surface area contributed by atoms with Crippen LogP contribution in [0.2, 0.25) is 36.3 Å². The van der Waals surface area contributed by atoms with Gasteiger partial charge in [0.15, 0.2) is 16.6 Å². The van der Waals surface area contributed by atoms with Gasteiger partial charge in [0.2, 0.25) is 0 Å². The van der Waals surface area contributed by atoms with Gasteiger partial charge >= 0.3 is 0 Å². The summed E-state index contributed by atoms with van der Waals surface area (Å²) in [6.45, 7) is 40.4. The third-order valence-electron chi connectivity index (χ3n) is 12.5. The van der Waals surface area contributed by atoms with Gasteiger partial charge < -0.3 is 8.85 Å². The molecule has 0 radical (unpaired) electrons. The Kier molecular flexibility index (Phi) is 11.5. The lowest BCUT2D eigenvalue weighted by atomic mass is 9.64. The molecule has 0 amide bonds. The maximum Gasteiger partial charge on any atom is 0.192 e. The van der Waals surface area contributed by atoms with Crippen LogP contribution in [-0.2, 0) is 8.85 Å². The van der Waals surface area contributed by atoms with Crippen LogP contribution in [0.1, 0.15) is 140 Å². The third-order valence-corrected chi connectivity index (χ3v) is 21.5. The first kappa shape index (κ1) is 37.8. The first-order chi connectivity index (χ1) is 19.9. The SMILES string of the molecule is C=C1[C@@H](O[Si](C)(C)C(C)(C)C)CC(=C/C=C2\CCC[C@]3(C)/C(=C(/C)CCCC(C)(C)C)CC[C@@H]23)C[C@H]1O[Si](C)(C)C(C)(C)C. The molecule has 0 aromatic rings. The minimum Gasteiger partial charge on any atom is -0.410 e. The van der Waals surface area contributed by atoms with Gasteiger partial charge in [0.1, 0.15) is 0 Å². The molecule has 0 aromatic carbocycles. The summed E-state index contributed by atoms with van der Waals surface area (Å²) in [6, 6.07) is 0. The Hall–Kier alpha value is -0.686. The van der Waals surface area contributed by atoms with E-state index in [1.54, 1.807) is 16.7 Å². The Bertz CT molecular complexity index is 1090. The lowest BCUT2D eigenvalue weighted by Gasteiger charge is -2.46. The number of hydrogen-bond donors (Lipinski definition) is 0. The van der Waals surface area contributed by atoms with Gasteiger partial charge in [0, 0.05) is 0 Å². The summed E-state index contributed by atoms with van der Waals surface area (Å²) in [6.07, 6.45) is 17.4. The summed E-state index contributed by atoms with van der Waals surface area (Å²) >= 11 is 0. The van der Waals surface area contributed by atoms with Gasteiger partial charge in [-0.05, 0) is 130 Å². The molecular weight excluding hydrogens is 569 g/mol. The highest BCUT2D eigenvalue weighted by molar-refractivity contribution is 6.74. The zero-order valence-electron chi connectivity index (χ0n) is 32.0. The van der Waals surface area contributed by atoms with Crippen molar-refractivity contribution in [3.05, 3.63) is 46.6 Å². The minimum atomic E-state index is -1.96. The lowest BCUT2D eigenvalue weighted by molar-refractivity contribution is 0.132. The molecular formula is C40H72O2Si2. The fourth-order valence-electron chi connectivity index (χ4n) is 7.48. The molecule has 44 heavy (non-hydrogen) atoms. The average Bonchev–Trinajstić information content (AvgIpc) is 3.20. The van der Waals surface area contributed by atoms with Crippen LogP contribution in [0.5, 0.6) is 0 Å². The fourth-order valence-corrected chi connectivity index (χ4v) is 10.1. The second-order valence-electron chi connectivity index (χ2n) is 19.3. The van der Waals surface area contributed by atoms with Gasteiger partial charge in [-0.3, -0.25) is 0 Å². The van der Waals surface area contributed by atoms with Crippen molar-refractivity contribution in [2.24, 2.45) is 16.7 Å². The smallest absolute Gasteiger partial charge is 0.192 e. The number of allylic oxidation sites excluding steroid dienone is 5. The van der Waals surface area contributed by atoms with E-state index in [2.05, 4.69) is 121 Å². The molecule has 0 N–H and O–H groups in total. The fraction of sp³-hybridized carbons (Fsp3) is 0.800. The quantitative estimate of drug-likeness (QED) is 0.194. The Balaban J connectivity index is 1.89. The van der Waals surface area contributed by atoms with E-state index in [1.165, 1.54) is 62.5 Å². The van der Waals surface area contributed by atoms with E-state index in [9.17, 15) is 0 Å². The van der Waals surface area contributed by atoms with Crippen molar-refractivity contribution in [2.75, 3.05) is 0 Å². The predicted octanol–water partition coefficient (Wildman–Crippen LogP) is 13.1. The standard InChI is InChI=1S/C40H72O2Si2/c1-29(19-17-25-37(3,4)5)33-23-24-34-32(20-18-26-40(33,34)12)22-21-31-27-35(41-43(13,14)38(6,7)8)30(2)36(28-31)42-44(15,16)39(9,10)11/h21-22,34-36H,2,17-20,23-28H2,1,3-16H3/b31-21?,32-22+,33-29-/t34-,35-,36+,40+/m0/s1. The van der Waals surface area contributed by atoms with Crippen LogP contribution < -0.4 is 0 Å². The van der Waals surface area contributed by atoms with Crippen LogP contribution in [0, 0.1) is 16.7 Å². The van der Waals surface area contributed by atoms with E-state index in [4.69, 9.17) is 8.85 Å². The average molecular weight is 641 g/mol. The molecule has 3 aliphatic carbocycles. The van der Waals surface area contributed by atoms with Gasteiger partial charge in [-0.25, -0.2) is 0 Å². The van der Waals surface area contributed by atoms with Crippen molar-refractivity contribution in [2.45, 2.75) is 189 Å². The van der Waals surface area contributed by atoms with Gasteiger partial charge in [-0.1, -0.05) is 110 Å². The van der Waals surface area contributed by atoms with Crippen molar-refractivity contribution in [3.8, 4) is 0 Å². The summed E-state index contributed by atoms with van der Waals surface area (Å²) in [7, 11) is -3.93. The van der Waals surface area contributed by atoms with Crippen molar-refractivity contribution < 1.29 is 8.85 Å². The van der Waals surface area contributed by atoms with E-state index in [0.717, 1.165) is 12.8 Å². The summed E-state index contributed by atoms with van der Waals surface area (Å²) in [5.74, 6) is 0.692. The van der Waals surface area contributed by atoms with Crippen LogP contribution in [0.3, 0.4) is 0 Å². The van der Waals surface area contributed by atoms with Crippen LogP contribution in [-0.4, -0.2) is 28.8 Å². The molecule has 4 heteroatoms. The highest BCUT2D eigenvalue weighted by Crippen LogP contribution is 2.58. The Morgan fingerprint density at radius 2 is 1.39 bits per heavy atom. The normalized spacial score (nSPS) is 30.7. The van der Waals surface area contributed by atoms with Crippen LogP contribution >= 0.6 is 0 Å². The second-order valence-corrected chi connectivity index (χ2v) is 28.8. The Morgan fingerprint density at radius 3 is 1.86 bits per heavy atom. The molecule has 0 aliphatic heterocycles. The molecule has 3 rings (SSSR count). The number of fused-ring (bicyclic) bond motifs is 1. The van der Waals surface area contributed by atoms with Crippen molar-refractivity contribution >= 4 is 16.6 Å². The molecule has 0 aromatic heterocycles. The van der Waals surface area contributed by atoms with E-state index >= 15 is 0 Å². The molecule has 0 heterocycles. The van der Waals surface area contributed by atoms with Crippen molar-refractivity contribution in [1.29, 1.82) is 0 Å². The monoisotopic (exact) mass is 641 g/mol. The van der Waals surface area contributed by atoms with Gasteiger partial charge in [0.25, 0.3) is 0 Å². The van der Waals surface area contributed by atoms with Crippen molar-refractivity contribution in [3.63, 3.8) is 0 Å². The van der Waals surface area contributed by atoms with E-state index in [0.29, 0.717) is 16.7 Å². The largest absolute Gasteiger partial charge is 0.410 e. The third kappa shape index (κ3) is 8.81. The highest BCUT2D eigenvalue weighted by atomic mass is 28.4. The van der Waals surface area contributed by atoms with Crippen LogP contribution in [0.25, 0.3) is 0 Å². The first-order valence-electron chi connectivity index (χ1n) is 18.0. The molecule has 3 saturated carbocycles. The molecule has 2 nitrogen and oxygen atoms in total. The predicted molar refractivity (Wildman–Crippen MR) is 199 cm³/mol. The van der Waals surface area contributed by atoms with Crippen LogP contribution in [0.4, 0.5) is 0 Å².